The molecule has 1 aromatic heterocycles. The second-order valence-electron chi connectivity index (χ2n) is 7.35. The van der Waals surface area contributed by atoms with E-state index in [1.54, 1.807) is 26.4 Å². The van der Waals surface area contributed by atoms with E-state index < -0.39 is 10.0 Å². The van der Waals surface area contributed by atoms with Crippen LogP contribution in [0.3, 0.4) is 0 Å². The van der Waals surface area contributed by atoms with E-state index in [1.807, 2.05) is 12.1 Å². The highest BCUT2D eigenvalue weighted by atomic mass is 32.2. The molecule has 0 amide bonds. The summed E-state index contributed by atoms with van der Waals surface area (Å²) in [5, 5.41) is 21.6. The summed E-state index contributed by atoms with van der Waals surface area (Å²) in [5.41, 5.74) is 1.17. The normalized spacial score (nSPS) is 15.2. The molecule has 0 unspecified atom stereocenters. The molecule has 11 nitrogen and oxygen atoms in total. The van der Waals surface area contributed by atoms with Gasteiger partial charge in [-0.2, -0.15) is 9.57 Å². The smallest absolute Gasteiger partial charge is 0.243 e. The third-order valence-electron chi connectivity index (χ3n) is 5.37. The first-order valence-electron chi connectivity index (χ1n) is 10.2. The summed E-state index contributed by atoms with van der Waals surface area (Å²) in [5.74, 6) is 1.64. The Morgan fingerprint density at radius 3 is 2.33 bits per heavy atom. The number of nitriles is 1. The van der Waals surface area contributed by atoms with Gasteiger partial charge >= 0.3 is 0 Å². The minimum Gasteiger partial charge on any atom is -0.493 e. The second kappa shape index (κ2) is 9.53. The second-order valence-corrected chi connectivity index (χ2v) is 9.29. The van der Waals surface area contributed by atoms with Crippen LogP contribution in [0.25, 0.3) is 11.4 Å². The maximum Gasteiger partial charge on any atom is 0.243 e. The largest absolute Gasteiger partial charge is 0.493 e. The average Bonchev–Trinajstić information content (AvgIpc) is 3.32. The van der Waals surface area contributed by atoms with E-state index in [0.717, 1.165) is 5.56 Å². The number of sulfonamides is 1. The summed E-state index contributed by atoms with van der Waals surface area (Å²) < 4.78 is 37.8. The molecule has 4 rings (SSSR count). The van der Waals surface area contributed by atoms with Gasteiger partial charge in [-0.1, -0.05) is 0 Å². The summed E-state index contributed by atoms with van der Waals surface area (Å²) in [6.45, 7) is 2.15. The minimum absolute atomic E-state index is 0.187. The Bertz CT molecular complexity index is 1260. The molecule has 2 aromatic carbocycles. The summed E-state index contributed by atoms with van der Waals surface area (Å²) >= 11 is 0. The van der Waals surface area contributed by atoms with E-state index in [2.05, 4.69) is 20.3 Å². The van der Waals surface area contributed by atoms with Crippen LogP contribution in [-0.2, 0) is 16.7 Å². The quantitative estimate of drug-likeness (QED) is 0.501. The summed E-state index contributed by atoms with van der Waals surface area (Å²) in [7, 11) is -0.469. The van der Waals surface area contributed by atoms with Gasteiger partial charge in [-0.05, 0) is 47.7 Å². The number of methoxy groups -OCH3 is 2. The Kier molecular flexibility index (Phi) is 6.55. The monoisotopic (exact) mass is 469 g/mol. The van der Waals surface area contributed by atoms with Gasteiger partial charge in [0.25, 0.3) is 0 Å². The van der Waals surface area contributed by atoms with E-state index in [9.17, 15) is 8.42 Å². The lowest BCUT2D eigenvalue weighted by molar-refractivity contribution is 0.136. The number of tetrazole rings is 1. The highest BCUT2D eigenvalue weighted by Crippen LogP contribution is 2.30. The van der Waals surface area contributed by atoms with Gasteiger partial charge in [-0.25, -0.2) is 8.42 Å². The van der Waals surface area contributed by atoms with Gasteiger partial charge in [-0.3, -0.25) is 4.90 Å². The zero-order valence-electron chi connectivity index (χ0n) is 18.2. The zero-order valence-corrected chi connectivity index (χ0v) is 19.1. The predicted molar refractivity (Wildman–Crippen MR) is 118 cm³/mol. The Morgan fingerprint density at radius 1 is 1.00 bits per heavy atom. The number of hydrogen-bond donors (Lipinski definition) is 0. The van der Waals surface area contributed by atoms with Gasteiger partial charge in [-0.15, -0.1) is 15.0 Å². The fourth-order valence-corrected chi connectivity index (χ4v) is 4.96. The Hall–Kier alpha value is -3.53. The third kappa shape index (κ3) is 4.80. The van der Waals surface area contributed by atoms with Crippen molar-refractivity contribution in [2.45, 2.75) is 11.6 Å². The molecular formula is C21H23N7O4S. The summed E-state index contributed by atoms with van der Waals surface area (Å²) in [6.07, 6.45) is 0. The molecule has 0 bridgehead atoms. The molecule has 1 fully saturated rings. The fraction of sp³-hybridized carbons (Fsp3) is 0.333. The summed E-state index contributed by atoms with van der Waals surface area (Å²) in [4.78, 5) is 3.73. The molecule has 1 saturated heterocycles. The number of hydrogen-bond acceptors (Lipinski definition) is 9. The minimum atomic E-state index is -3.60. The molecule has 1 aliphatic rings. The van der Waals surface area contributed by atoms with Crippen molar-refractivity contribution in [1.29, 1.82) is 5.26 Å². The van der Waals surface area contributed by atoms with Gasteiger partial charge < -0.3 is 9.47 Å². The number of piperazine rings is 1. The molecule has 0 aliphatic carbocycles. The van der Waals surface area contributed by atoms with Crippen LogP contribution in [0.1, 0.15) is 5.56 Å². The van der Waals surface area contributed by atoms with Crippen LogP contribution in [0.4, 0.5) is 0 Å². The molecule has 12 heteroatoms. The fourth-order valence-electron chi connectivity index (χ4n) is 3.53. The SMILES string of the molecule is COc1ccc(-c2nnn(CN3CCN(S(=O)(=O)c4ccc(C#N)cc4)CC3)n2)cc1OC. The van der Waals surface area contributed by atoms with E-state index in [4.69, 9.17) is 14.7 Å². The number of ether oxygens (including phenoxy) is 2. The van der Waals surface area contributed by atoms with Crippen molar-refractivity contribution in [3.63, 3.8) is 0 Å². The summed E-state index contributed by atoms with van der Waals surface area (Å²) in [6, 6.07) is 13.3. The third-order valence-corrected chi connectivity index (χ3v) is 7.29. The lowest BCUT2D eigenvalue weighted by Crippen LogP contribution is -2.49. The topological polar surface area (TPSA) is 126 Å². The van der Waals surface area contributed by atoms with E-state index in [-0.39, 0.29) is 4.90 Å². The number of aromatic nitrogens is 4. The van der Waals surface area contributed by atoms with Crippen LogP contribution < -0.4 is 9.47 Å². The van der Waals surface area contributed by atoms with Gasteiger partial charge in [0.1, 0.15) is 6.67 Å². The van der Waals surface area contributed by atoms with Crippen LogP contribution in [0, 0.1) is 11.3 Å². The highest BCUT2D eigenvalue weighted by Gasteiger charge is 2.28. The molecule has 0 saturated carbocycles. The van der Waals surface area contributed by atoms with Crippen LogP contribution >= 0.6 is 0 Å². The lowest BCUT2D eigenvalue weighted by atomic mass is 10.2. The van der Waals surface area contributed by atoms with Gasteiger partial charge in [0.2, 0.25) is 15.8 Å². The molecule has 172 valence electrons. The van der Waals surface area contributed by atoms with Crippen molar-refractivity contribution in [3.8, 4) is 29.0 Å². The highest BCUT2D eigenvalue weighted by molar-refractivity contribution is 7.89. The zero-order chi connectivity index (χ0) is 23.4. The van der Waals surface area contributed by atoms with Crippen LogP contribution in [0.5, 0.6) is 11.5 Å². The van der Waals surface area contributed by atoms with Crippen LogP contribution in [-0.4, -0.2) is 78.2 Å². The Balaban J connectivity index is 1.38. The average molecular weight is 470 g/mol. The van der Waals surface area contributed by atoms with Crippen molar-refractivity contribution in [1.82, 2.24) is 29.4 Å². The Labute approximate surface area is 191 Å². The van der Waals surface area contributed by atoms with Crippen molar-refractivity contribution in [2.24, 2.45) is 0 Å². The first-order valence-corrected chi connectivity index (χ1v) is 11.6. The molecule has 0 spiro atoms. The number of benzene rings is 2. The van der Waals surface area contributed by atoms with E-state index in [1.165, 1.54) is 33.4 Å². The lowest BCUT2D eigenvalue weighted by Gasteiger charge is -2.33. The maximum absolute atomic E-state index is 12.9. The van der Waals surface area contributed by atoms with E-state index >= 15 is 0 Å². The predicted octanol–water partition coefficient (Wildman–Crippen LogP) is 1.19. The Morgan fingerprint density at radius 2 is 1.70 bits per heavy atom. The molecule has 3 aromatic rings. The number of rotatable bonds is 7. The van der Waals surface area contributed by atoms with Crippen LogP contribution in [0.2, 0.25) is 0 Å². The molecule has 0 radical (unpaired) electrons. The molecular weight excluding hydrogens is 446 g/mol. The first-order chi connectivity index (χ1) is 15.9. The maximum atomic E-state index is 12.9. The van der Waals surface area contributed by atoms with Gasteiger partial charge in [0.15, 0.2) is 11.5 Å². The molecule has 2 heterocycles. The standard InChI is InChI=1S/C21H23N7O4S/c1-31-19-8-5-17(13-20(19)32-2)21-23-25-28(24-21)15-26-9-11-27(12-10-26)33(29,30)18-6-3-16(14-22)4-7-18/h3-8,13H,9-12,15H2,1-2H3. The van der Waals surface area contributed by atoms with Crippen LogP contribution in [0.15, 0.2) is 47.4 Å². The van der Waals surface area contributed by atoms with Crippen molar-refractivity contribution in [3.05, 3.63) is 48.0 Å². The van der Waals surface area contributed by atoms with Crippen molar-refractivity contribution >= 4 is 10.0 Å². The van der Waals surface area contributed by atoms with Gasteiger partial charge in [0, 0.05) is 31.7 Å². The van der Waals surface area contributed by atoms with Crippen molar-refractivity contribution in [2.75, 3.05) is 40.4 Å². The molecule has 33 heavy (non-hydrogen) atoms. The molecule has 1 aliphatic heterocycles. The molecule has 0 atom stereocenters. The van der Waals surface area contributed by atoms with Gasteiger partial charge in [0.05, 0.1) is 30.7 Å². The van der Waals surface area contributed by atoms with E-state index in [0.29, 0.717) is 55.7 Å². The number of nitrogens with zero attached hydrogens (tertiary/aromatic N) is 7. The molecule has 0 N–H and O–H groups in total. The first kappa shape index (κ1) is 22.7. The van der Waals surface area contributed by atoms with Crippen molar-refractivity contribution < 1.29 is 17.9 Å².